The van der Waals surface area contributed by atoms with Crippen molar-refractivity contribution in [2.24, 2.45) is 46.3 Å². The second-order valence-electron chi connectivity index (χ2n) is 11.3. The molecule has 2 N–H and O–H groups in total. The molecule has 0 spiro atoms. The van der Waals surface area contributed by atoms with Crippen molar-refractivity contribution in [2.75, 3.05) is 0 Å². The second kappa shape index (κ2) is 8.73. The monoisotopic (exact) mass is 414 g/mol. The Morgan fingerprint density at radius 1 is 1.03 bits per heavy atom. The van der Waals surface area contributed by atoms with E-state index in [0.717, 1.165) is 25.7 Å². The molecule has 4 saturated carbocycles. The maximum Gasteiger partial charge on any atom is 1.00 e. The molecule has 0 aromatic heterocycles. The molecule has 4 nitrogen and oxygen atoms in total. The third-order valence-corrected chi connectivity index (χ3v) is 10.2. The van der Waals surface area contributed by atoms with Crippen LogP contribution in [0.15, 0.2) is 0 Å². The molecular formula is C24H39NaO4. The van der Waals surface area contributed by atoms with E-state index < -0.39 is 5.97 Å². The van der Waals surface area contributed by atoms with Gasteiger partial charge in [-0.25, -0.2) is 0 Å². The van der Waals surface area contributed by atoms with Gasteiger partial charge in [-0.05, 0) is 111 Å². The fraction of sp³-hybridized carbons (Fsp3) is 0.958. The molecule has 1 unspecified atom stereocenters. The largest absolute Gasteiger partial charge is 1.00 e. The summed E-state index contributed by atoms with van der Waals surface area (Å²) in [7, 11) is 0. The minimum atomic E-state index is -0.934. The first-order valence-corrected chi connectivity index (χ1v) is 11.7. The zero-order valence-corrected chi connectivity index (χ0v) is 20.9. The molecule has 0 aliphatic heterocycles. The van der Waals surface area contributed by atoms with Crippen LogP contribution < -0.4 is 34.7 Å². The topological polar surface area (TPSA) is 80.6 Å². The number of rotatable bonds is 4. The van der Waals surface area contributed by atoms with Crippen molar-refractivity contribution < 1.29 is 49.7 Å². The van der Waals surface area contributed by atoms with Crippen LogP contribution in [0.4, 0.5) is 0 Å². The number of carboxylic acid groups (broad SMARTS) is 1. The van der Waals surface area contributed by atoms with Crippen molar-refractivity contribution in [1.82, 2.24) is 0 Å². The van der Waals surface area contributed by atoms with E-state index >= 15 is 0 Å². The molecule has 160 valence electrons. The molecule has 0 aromatic rings. The van der Waals surface area contributed by atoms with E-state index in [1.165, 1.54) is 25.7 Å². The number of carboxylic acids is 1. The van der Waals surface area contributed by atoms with E-state index in [1.54, 1.807) is 0 Å². The van der Waals surface area contributed by atoms with Crippen LogP contribution in [-0.2, 0) is 4.79 Å². The van der Waals surface area contributed by atoms with Gasteiger partial charge >= 0.3 is 29.6 Å². The van der Waals surface area contributed by atoms with Crippen LogP contribution >= 0.6 is 0 Å². The molecule has 4 fully saturated rings. The number of fused-ring (bicyclic) bond motifs is 5. The predicted molar refractivity (Wildman–Crippen MR) is 106 cm³/mol. The van der Waals surface area contributed by atoms with Crippen molar-refractivity contribution in [3.05, 3.63) is 0 Å². The average Bonchev–Trinajstić information content (AvgIpc) is 2.98. The molecule has 0 radical (unpaired) electrons. The Labute approximate surface area is 198 Å². The number of aliphatic hydroxyl groups is 2. The normalized spacial score (nSPS) is 49.9. The summed E-state index contributed by atoms with van der Waals surface area (Å²) in [6.07, 6.45) is 8.91. The van der Waals surface area contributed by atoms with Crippen molar-refractivity contribution in [3.63, 3.8) is 0 Å². The molecule has 4 aliphatic rings. The molecule has 5 heteroatoms. The number of carbonyl (C=O) groups is 1. The predicted octanol–water partition coefficient (Wildman–Crippen LogP) is 0.147. The van der Waals surface area contributed by atoms with Crippen LogP contribution in [0.25, 0.3) is 0 Å². The first-order chi connectivity index (χ1) is 13.2. The Morgan fingerprint density at radius 3 is 2.38 bits per heavy atom. The zero-order valence-electron chi connectivity index (χ0n) is 18.9. The summed E-state index contributed by atoms with van der Waals surface area (Å²) < 4.78 is 0. The minimum Gasteiger partial charge on any atom is -0.550 e. The first-order valence-electron chi connectivity index (χ1n) is 11.7. The second-order valence-corrected chi connectivity index (χ2v) is 11.3. The summed E-state index contributed by atoms with van der Waals surface area (Å²) in [6, 6.07) is 0. The van der Waals surface area contributed by atoms with Gasteiger partial charge in [0.05, 0.1) is 12.2 Å². The van der Waals surface area contributed by atoms with Gasteiger partial charge in [-0.2, -0.15) is 0 Å². The quantitative estimate of drug-likeness (QED) is 0.642. The Morgan fingerprint density at radius 2 is 1.69 bits per heavy atom. The van der Waals surface area contributed by atoms with E-state index in [1.807, 2.05) is 0 Å². The van der Waals surface area contributed by atoms with Gasteiger partial charge in [0.25, 0.3) is 0 Å². The molecule has 4 rings (SSSR count). The standard InChI is InChI=1S/C24H40O4.Na/c1-14(4-7-21(27)28)17-5-6-18-22-19(9-11-24(17,18)3)23(2)10-8-16(25)12-15(23)13-20(22)26;/h14-20,22,25-26H,4-13H2,1-3H3,(H,27,28);/q;+1/p-1/t14?,15-,16+,17+,18-,19-,20+,22-,23-,24+;/m1./s1. The SMILES string of the molecule is CC(CCC(=O)[O-])[C@@H]1CC[C@@H]2[C@@H]3[C@@H](CC[C@]21C)[C@]1(C)CC[C@H](O)C[C@@H]1C[C@@H]3O.[Na+]. The van der Waals surface area contributed by atoms with Crippen LogP contribution in [0.5, 0.6) is 0 Å². The first kappa shape index (κ1) is 24.0. The van der Waals surface area contributed by atoms with Crippen molar-refractivity contribution in [3.8, 4) is 0 Å². The molecule has 0 heterocycles. The number of aliphatic hydroxyl groups excluding tert-OH is 2. The Hall–Kier alpha value is 0.390. The molecule has 29 heavy (non-hydrogen) atoms. The van der Waals surface area contributed by atoms with E-state index in [2.05, 4.69) is 20.8 Å². The number of carbonyl (C=O) groups excluding carboxylic acids is 1. The molecule has 0 bridgehead atoms. The maximum absolute atomic E-state index is 11.2. The Kier molecular flexibility index (Phi) is 7.24. The van der Waals surface area contributed by atoms with Gasteiger partial charge in [0.2, 0.25) is 0 Å². The van der Waals surface area contributed by atoms with Crippen molar-refractivity contribution >= 4 is 5.97 Å². The van der Waals surface area contributed by atoms with Crippen LogP contribution in [0.2, 0.25) is 0 Å². The van der Waals surface area contributed by atoms with E-state index in [0.29, 0.717) is 41.9 Å². The van der Waals surface area contributed by atoms with Gasteiger partial charge < -0.3 is 20.1 Å². The van der Waals surface area contributed by atoms with Gasteiger partial charge in [0, 0.05) is 5.97 Å². The van der Waals surface area contributed by atoms with Crippen molar-refractivity contribution in [2.45, 2.75) is 97.2 Å². The third kappa shape index (κ3) is 3.99. The molecular weight excluding hydrogens is 375 g/mol. The Bertz CT molecular complexity index is 612. The number of aliphatic carboxylic acids is 1. The van der Waals surface area contributed by atoms with Gasteiger partial charge in [0.1, 0.15) is 0 Å². The fourth-order valence-corrected chi connectivity index (χ4v) is 8.72. The van der Waals surface area contributed by atoms with E-state index in [-0.39, 0.29) is 59.0 Å². The summed E-state index contributed by atoms with van der Waals surface area (Å²) in [5.41, 5.74) is 0.494. The molecule has 4 aliphatic carbocycles. The maximum atomic E-state index is 11.2. The number of hydrogen-bond acceptors (Lipinski definition) is 4. The summed E-state index contributed by atoms with van der Waals surface area (Å²) in [6.45, 7) is 7.11. The number of hydrogen-bond donors (Lipinski definition) is 2. The molecule has 0 saturated heterocycles. The summed E-state index contributed by atoms with van der Waals surface area (Å²) in [5.74, 6) is 1.99. The van der Waals surface area contributed by atoms with E-state index in [9.17, 15) is 20.1 Å². The summed E-state index contributed by atoms with van der Waals surface area (Å²) in [5, 5.41) is 32.4. The van der Waals surface area contributed by atoms with Gasteiger partial charge in [-0.15, -0.1) is 0 Å². The smallest absolute Gasteiger partial charge is 0.550 e. The van der Waals surface area contributed by atoms with Gasteiger partial charge in [0.15, 0.2) is 0 Å². The zero-order chi connectivity index (χ0) is 20.3. The summed E-state index contributed by atoms with van der Waals surface area (Å²) >= 11 is 0. The van der Waals surface area contributed by atoms with Gasteiger partial charge in [-0.1, -0.05) is 20.8 Å². The molecule has 0 aromatic carbocycles. The summed E-state index contributed by atoms with van der Waals surface area (Å²) in [4.78, 5) is 10.9. The van der Waals surface area contributed by atoms with Crippen LogP contribution in [0.1, 0.15) is 85.0 Å². The van der Waals surface area contributed by atoms with Crippen LogP contribution in [0.3, 0.4) is 0 Å². The van der Waals surface area contributed by atoms with Crippen LogP contribution in [-0.4, -0.2) is 28.4 Å². The molecule has 10 atom stereocenters. The minimum absolute atomic E-state index is 0. The average molecular weight is 415 g/mol. The van der Waals surface area contributed by atoms with Crippen molar-refractivity contribution in [1.29, 1.82) is 0 Å². The Balaban J connectivity index is 0.00000240. The third-order valence-electron chi connectivity index (χ3n) is 10.2. The van der Waals surface area contributed by atoms with E-state index in [4.69, 9.17) is 0 Å². The molecule has 0 amide bonds. The van der Waals surface area contributed by atoms with Gasteiger partial charge in [-0.3, -0.25) is 0 Å². The fourth-order valence-electron chi connectivity index (χ4n) is 8.72. The van der Waals surface area contributed by atoms with Crippen LogP contribution in [0, 0.1) is 46.3 Å².